The van der Waals surface area contributed by atoms with Gasteiger partial charge in [-0.2, -0.15) is 5.10 Å². The molecule has 0 radical (unpaired) electrons. The first kappa shape index (κ1) is 14.2. The van der Waals surface area contributed by atoms with E-state index in [0.29, 0.717) is 11.3 Å². The summed E-state index contributed by atoms with van der Waals surface area (Å²) in [6, 6.07) is 2.95. The summed E-state index contributed by atoms with van der Waals surface area (Å²) in [6.45, 7) is 1.89. The van der Waals surface area contributed by atoms with Crippen LogP contribution in [0.25, 0.3) is 11.3 Å². The van der Waals surface area contributed by atoms with E-state index in [2.05, 4.69) is 41.1 Å². The summed E-state index contributed by atoms with van der Waals surface area (Å²) in [5, 5.41) is 4.00. The van der Waals surface area contributed by atoms with Crippen LogP contribution in [0, 0.1) is 12.7 Å². The Labute approximate surface area is 126 Å². The van der Waals surface area contributed by atoms with Gasteiger partial charge in [0.15, 0.2) is 0 Å². The van der Waals surface area contributed by atoms with Crippen molar-refractivity contribution in [2.45, 2.75) is 6.92 Å². The van der Waals surface area contributed by atoms with Crippen molar-refractivity contribution in [2.24, 2.45) is 5.10 Å². The summed E-state index contributed by atoms with van der Waals surface area (Å²) >= 11 is 2.08. The molecule has 2 aromatic heterocycles. The maximum absolute atomic E-state index is 13.8. The lowest BCUT2D eigenvalue weighted by Gasteiger charge is -2.07. The monoisotopic (exact) mass is 388 g/mol. The molecule has 2 aromatic rings. The Morgan fingerprint density at radius 2 is 2.32 bits per heavy atom. The maximum atomic E-state index is 13.8. The highest BCUT2D eigenvalue weighted by atomic mass is 127. The van der Waals surface area contributed by atoms with E-state index in [-0.39, 0.29) is 5.82 Å². The minimum atomic E-state index is -0.359. The van der Waals surface area contributed by atoms with Gasteiger partial charge in [-0.05, 0) is 24.6 Å². The summed E-state index contributed by atoms with van der Waals surface area (Å²) < 4.78 is 13.8. The normalized spacial score (nSPS) is 10.9. The van der Waals surface area contributed by atoms with E-state index in [1.165, 1.54) is 15.2 Å². The number of nitrogens with one attached hydrogen (secondary N) is 1. The number of pyridine rings is 2. The zero-order chi connectivity index (χ0) is 13.7. The van der Waals surface area contributed by atoms with Crippen LogP contribution in [0.1, 0.15) is 11.1 Å². The molecule has 0 aliphatic carbocycles. The van der Waals surface area contributed by atoms with Gasteiger partial charge in [0.2, 0.25) is 0 Å². The van der Waals surface area contributed by atoms with Gasteiger partial charge < -0.3 is 0 Å². The highest BCUT2D eigenvalue weighted by molar-refractivity contribution is 14.2. The zero-order valence-corrected chi connectivity index (χ0v) is 12.9. The van der Waals surface area contributed by atoms with Gasteiger partial charge >= 0.3 is 0 Å². The molecule has 0 atom stereocenters. The smallest absolute Gasteiger partial charge is 0.149 e. The first-order chi connectivity index (χ1) is 9.24. The molecule has 4 nitrogen and oxygen atoms in total. The molecule has 0 unspecified atom stereocenters. The molecular weight excluding hydrogens is 378 g/mol. The van der Waals surface area contributed by atoms with Gasteiger partial charge in [-0.1, -0.05) is 0 Å². The molecule has 98 valence electrons. The van der Waals surface area contributed by atoms with Gasteiger partial charge in [0.25, 0.3) is 0 Å². The van der Waals surface area contributed by atoms with E-state index < -0.39 is 0 Å². The molecule has 0 saturated carbocycles. The zero-order valence-electron chi connectivity index (χ0n) is 9.97. The predicted molar refractivity (Wildman–Crippen MR) is 84.5 cm³/mol. The van der Waals surface area contributed by atoms with Crippen molar-refractivity contribution in [3.8, 4) is 11.3 Å². The van der Waals surface area contributed by atoms with Crippen molar-refractivity contribution in [2.75, 3.05) is 0 Å². The summed E-state index contributed by atoms with van der Waals surface area (Å²) in [5.74, 6) is -0.359. The van der Waals surface area contributed by atoms with Gasteiger partial charge in [0.05, 0.1) is 6.21 Å². The van der Waals surface area contributed by atoms with E-state index in [9.17, 15) is 4.39 Å². The van der Waals surface area contributed by atoms with Crippen molar-refractivity contribution < 1.29 is 4.39 Å². The molecule has 1 N–H and O–H groups in total. The van der Waals surface area contributed by atoms with E-state index in [4.69, 9.17) is 0 Å². The fraction of sp³-hybridized carbons (Fsp3) is 0.0833. The molecule has 2 rings (SSSR count). The first-order valence-electron chi connectivity index (χ1n) is 5.35. The quantitative estimate of drug-likeness (QED) is 0.377. The van der Waals surface area contributed by atoms with Crippen LogP contribution in [0.5, 0.6) is 0 Å². The average Bonchev–Trinajstić information content (AvgIpc) is 2.42. The molecule has 0 aliphatic rings. The van der Waals surface area contributed by atoms with E-state index >= 15 is 0 Å². The second-order valence-corrected chi connectivity index (χ2v) is 5.32. The standard InChI is InChI=1S/C12H10FIN4S/c1-8-9(6-17-18-19-14)5-15-7-10(8)12-11(13)3-2-4-16-12/h2-7,18H,1H3/b17-6+. The Morgan fingerprint density at radius 3 is 3.05 bits per heavy atom. The van der Waals surface area contributed by atoms with Crippen LogP contribution in [0.15, 0.2) is 35.8 Å². The number of nitrogens with zero attached hydrogens (tertiary/aromatic N) is 3. The molecule has 0 spiro atoms. The summed E-state index contributed by atoms with van der Waals surface area (Å²) in [4.78, 5) is 10.9. The Hall–Kier alpha value is -1.22. The highest BCUT2D eigenvalue weighted by Gasteiger charge is 2.11. The second kappa shape index (κ2) is 6.80. The van der Waals surface area contributed by atoms with Crippen molar-refractivity contribution >= 4 is 36.5 Å². The van der Waals surface area contributed by atoms with Crippen molar-refractivity contribution in [1.29, 1.82) is 0 Å². The topological polar surface area (TPSA) is 50.2 Å². The molecular formula is C12H10FIN4S. The number of aromatic nitrogens is 2. The van der Waals surface area contributed by atoms with Gasteiger partial charge in [-0.25, -0.2) is 9.22 Å². The largest absolute Gasteiger partial charge is 0.263 e. The van der Waals surface area contributed by atoms with Crippen LogP contribution < -0.4 is 4.83 Å². The highest BCUT2D eigenvalue weighted by Crippen LogP contribution is 2.24. The maximum Gasteiger partial charge on any atom is 0.149 e. The van der Waals surface area contributed by atoms with Gasteiger partial charge in [-0.3, -0.25) is 9.97 Å². The molecule has 19 heavy (non-hydrogen) atoms. The van der Waals surface area contributed by atoms with E-state index in [0.717, 1.165) is 11.1 Å². The Morgan fingerprint density at radius 1 is 1.47 bits per heavy atom. The van der Waals surface area contributed by atoms with Crippen LogP contribution in [0.3, 0.4) is 0 Å². The van der Waals surface area contributed by atoms with E-state index in [1.807, 2.05) is 6.92 Å². The minimum Gasteiger partial charge on any atom is -0.263 e. The number of hydrogen-bond acceptors (Lipinski definition) is 5. The minimum absolute atomic E-state index is 0.305. The molecule has 0 aromatic carbocycles. The Bertz CT molecular complexity index is 606. The second-order valence-electron chi connectivity index (χ2n) is 3.66. The van der Waals surface area contributed by atoms with Crippen LogP contribution >= 0.6 is 30.3 Å². The van der Waals surface area contributed by atoms with Crippen molar-refractivity contribution in [3.63, 3.8) is 0 Å². The lowest BCUT2D eigenvalue weighted by Crippen LogP contribution is -1.98. The number of hydrazone groups is 1. The third kappa shape index (κ3) is 3.41. The van der Waals surface area contributed by atoms with Crippen molar-refractivity contribution in [3.05, 3.63) is 47.7 Å². The predicted octanol–water partition coefficient (Wildman–Crippen LogP) is 3.51. The SMILES string of the molecule is Cc1c(/C=N/NSI)cncc1-c1ncccc1F. The lowest BCUT2D eigenvalue weighted by molar-refractivity contribution is 0.625. The number of hydrogen-bond donors (Lipinski definition) is 1. The average molecular weight is 388 g/mol. The molecule has 0 fully saturated rings. The Balaban J connectivity index is 2.43. The van der Waals surface area contributed by atoms with Crippen LogP contribution in [0.4, 0.5) is 4.39 Å². The van der Waals surface area contributed by atoms with E-state index in [1.54, 1.807) is 30.9 Å². The summed E-state index contributed by atoms with van der Waals surface area (Å²) in [5.41, 5.74) is 2.68. The summed E-state index contributed by atoms with van der Waals surface area (Å²) in [6.07, 6.45) is 6.51. The molecule has 0 saturated heterocycles. The molecule has 2 heterocycles. The van der Waals surface area contributed by atoms with Gasteiger partial charge in [0, 0.05) is 60.0 Å². The van der Waals surface area contributed by atoms with Crippen molar-refractivity contribution in [1.82, 2.24) is 14.8 Å². The first-order valence-corrected chi connectivity index (χ1v) is 8.71. The van der Waals surface area contributed by atoms with Crippen LogP contribution in [-0.4, -0.2) is 16.2 Å². The molecule has 0 amide bonds. The van der Waals surface area contributed by atoms with Gasteiger partial charge in [-0.15, -0.1) is 0 Å². The number of halogens is 2. The van der Waals surface area contributed by atoms with Crippen LogP contribution in [0.2, 0.25) is 0 Å². The van der Waals surface area contributed by atoms with Crippen LogP contribution in [-0.2, 0) is 0 Å². The third-order valence-electron chi connectivity index (χ3n) is 2.56. The molecule has 0 aliphatic heterocycles. The third-order valence-corrected chi connectivity index (χ3v) is 3.32. The Kier molecular flexibility index (Phi) is 5.08. The van der Waals surface area contributed by atoms with Gasteiger partial charge in [0.1, 0.15) is 11.5 Å². The molecule has 7 heteroatoms. The number of rotatable bonds is 4. The lowest BCUT2D eigenvalue weighted by atomic mass is 10.0. The fourth-order valence-corrected chi connectivity index (χ4v) is 2.04. The fourth-order valence-electron chi connectivity index (χ4n) is 1.61. The summed E-state index contributed by atoms with van der Waals surface area (Å²) in [7, 11) is 1.36. The molecule has 0 bridgehead atoms.